The summed E-state index contributed by atoms with van der Waals surface area (Å²) in [5, 5.41) is 0. The SMILES string of the molecule is O=C1C(=Cc2ccc3c(c2)OCCO3)SC(=S)N1c1cccc(C(F)(F)F)c1. The summed E-state index contributed by atoms with van der Waals surface area (Å²) < 4.78 is 50.1. The zero-order valence-corrected chi connectivity index (χ0v) is 15.8. The minimum Gasteiger partial charge on any atom is -0.486 e. The standard InChI is InChI=1S/C19H12F3NO3S2/c20-19(21,22)12-2-1-3-13(10-12)23-17(24)16(28-18(23)27)9-11-4-5-14-15(8-11)26-7-6-25-14/h1-5,8-10H,6-7H2. The van der Waals surface area contributed by atoms with E-state index in [0.717, 1.165) is 28.8 Å². The lowest BCUT2D eigenvalue weighted by atomic mass is 10.1. The van der Waals surface area contributed by atoms with Gasteiger partial charge in [-0.05, 0) is 42.0 Å². The van der Waals surface area contributed by atoms with Crippen LogP contribution in [0.4, 0.5) is 18.9 Å². The van der Waals surface area contributed by atoms with E-state index in [0.29, 0.717) is 35.2 Å². The van der Waals surface area contributed by atoms with Gasteiger partial charge in [0.15, 0.2) is 15.8 Å². The first-order chi connectivity index (χ1) is 13.3. The van der Waals surface area contributed by atoms with Crippen molar-refractivity contribution < 1.29 is 27.4 Å². The number of thioether (sulfide) groups is 1. The summed E-state index contributed by atoms with van der Waals surface area (Å²) in [4.78, 5) is 14.2. The molecule has 4 nitrogen and oxygen atoms in total. The van der Waals surface area contributed by atoms with E-state index >= 15 is 0 Å². The van der Waals surface area contributed by atoms with Crippen LogP contribution in [0.25, 0.3) is 6.08 Å². The number of amides is 1. The van der Waals surface area contributed by atoms with Gasteiger partial charge in [-0.3, -0.25) is 9.69 Å². The van der Waals surface area contributed by atoms with Crippen LogP contribution in [0.15, 0.2) is 47.4 Å². The highest BCUT2D eigenvalue weighted by Crippen LogP contribution is 2.39. The molecular formula is C19H12F3NO3S2. The number of thiocarbonyl (C=S) groups is 1. The molecule has 144 valence electrons. The molecule has 2 aromatic rings. The number of alkyl halides is 3. The Morgan fingerprint density at radius 3 is 2.57 bits per heavy atom. The highest BCUT2D eigenvalue weighted by molar-refractivity contribution is 8.27. The second-order valence-corrected chi connectivity index (χ2v) is 7.64. The fraction of sp³-hybridized carbons (Fsp3) is 0.158. The van der Waals surface area contributed by atoms with Gasteiger partial charge in [0, 0.05) is 0 Å². The summed E-state index contributed by atoms with van der Waals surface area (Å²) in [7, 11) is 0. The molecule has 1 amide bonds. The van der Waals surface area contributed by atoms with Crippen molar-refractivity contribution in [3.8, 4) is 11.5 Å². The van der Waals surface area contributed by atoms with E-state index in [1.54, 1.807) is 24.3 Å². The number of ether oxygens (including phenoxy) is 2. The number of fused-ring (bicyclic) bond motifs is 1. The van der Waals surface area contributed by atoms with Crippen molar-refractivity contribution in [1.82, 2.24) is 0 Å². The topological polar surface area (TPSA) is 38.8 Å². The molecule has 2 heterocycles. The second-order valence-electron chi connectivity index (χ2n) is 5.97. The summed E-state index contributed by atoms with van der Waals surface area (Å²) in [6.07, 6.45) is -2.87. The molecule has 0 radical (unpaired) electrons. The Bertz CT molecular complexity index is 1000. The van der Waals surface area contributed by atoms with E-state index < -0.39 is 17.6 Å². The molecule has 0 aromatic heterocycles. The number of rotatable bonds is 2. The van der Waals surface area contributed by atoms with Gasteiger partial charge in [0.1, 0.15) is 13.2 Å². The normalized spacial score (nSPS) is 18.1. The van der Waals surface area contributed by atoms with E-state index in [2.05, 4.69) is 0 Å². The van der Waals surface area contributed by atoms with Crippen molar-refractivity contribution in [1.29, 1.82) is 0 Å². The van der Waals surface area contributed by atoms with E-state index in [4.69, 9.17) is 21.7 Å². The number of carbonyl (C=O) groups is 1. The Balaban J connectivity index is 1.64. The summed E-state index contributed by atoms with van der Waals surface area (Å²) >= 11 is 6.27. The van der Waals surface area contributed by atoms with Gasteiger partial charge in [-0.15, -0.1) is 0 Å². The van der Waals surface area contributed by atoms with Gasteiger partial charge in [0.25, 0.3) is 5.91 Å². The molecule has 2 aliphatic heterocycles. The summed E-state index contributed by atoms with van der Waals surface area (Å²) in [5.74, 6) is 0.734. The van der Waals surface area contributed by atoms with E-state index in [1.807, 2.05) is 0 Å². The Morgan fingerprint density at radius 1 is 1.07 bits per heavy atom. The Hall–Kier alpha value is -2.52. The lowest BCUT2D eigenvalue weighted by Gasteiger charge is -2.18. The van der Waals surface area contributed by atoms with Crippen LogP contribution in [0, 0.1) is 0 Å². The number of hydrogen-bond donors (Lipinski definition) is 0. The maximum atomic E-state index is 13.0. The maximum Gasteiger partial charge on any atom is 0.416 e. The third-order valence-electron chi connectivity index (χ3n) is 4.09. The second kappa shape index (κ2) is 7.14. The number of nitrogens with zero attached hydrogens (tertiary/aromatic N) is 1. The van der Waals surface area contributed by atoms with Crippen molar-refractivity contribution >= 4 is 46.0 Å². The number of benzene rings is 2. The number of hydrogen-bond acceptors (Lipinski definition) is 5. The Kier molecular flexibility index (Phi) is 4.80. The third-order valence-corrected chi connectivity index (χ3v) is 5.39. The van der Waals surface area contributed by atoms with Gasteiger partial charge in [-0.1, -0.05) is 36.1 Å². The average Bonchev–Trinajstić information content (AvgIpc) is 2.94. The molecule has 4 rings (SSSR count). The number of halogens is 3. The molecule has 1 fully saturated rings. The fourth-order valence-corrected chi connectivity index (χ4v) is 4.11. The first-order valence-electron chi connectivity index (χ1n) is 8.18. The number of carbonyl (C=O) groups excluding carboxylic acids is 1. The smallest absolute Gasteiger partial charge is 0.416 e. The number of anilines is 1. The van der Waals surface area contributed by atoms with Gasteiger partial charge in [-0.2, -0.15) is 13.2 Å². The molecule has 1 saturated heterocycles. The Morgan fingerprint density at radius 2 is 1.82 bits per heavy atom. The Labute approximate surface area is 167 Å². The van der Waals surface area contributed by atoms with Crippen LogP contribution in [-0.2, 0) is 11.0 Å². The average molecular weight is 423 g/mol. The summed E-state index contributed by atoms with van der Waals surface area (Å²) in [5.41, 5.74) is -0.0495. The zero-order valence-electron chi connectivity index (χ0n) is 14.2. The zero-order chi connectivity index (χ0) is 19.9. The molecule has 0 saturated carbocycles. The molecule has 2 aliphatic rings. The molecular weight excluding hydrogens is 411 g/mol. The van der Waals surface area contributed by atoms with E-state index in [1.165, 1.54) is 12.1 Å². The third kappa shape index (κ3) is 3.59. The predicted molar refractivity (Wildman–Crippen MR) is 105 cm³/mol. The summed E-state index contributed by atoms with van der Waals surface area (Å²) in [6, 6.07) is 9.79. The van der Waals surface area contributed by atoms with Crippen molar-refractivity contribution in [2.75, 3.05) is 18.1 Å². The largest absolute Gasteiger partial charge is 0.486 e. The molecule has 0 bridgehead atoms. The van der Waals surface area contributed by atoms with Crippen molar-refractivity contribution in [2.24, 2.45) is 0 Å². The first kappa shape index (κ1) is 18.8. The molecule has 0 spiro atoms. The first-order valence-corrected chi connectivity index (χ1v) is 9.40. The molecule has 9 heteroatoms. The maximum absolute atomic E-state index is 13.0. The van der Waals surface area contributed by atoms with Crippen molar-refractivity contribution in [3.63, 3.8) is 0 Å². The van der Waals surface area contributed by atoms with Gasteiger partial charge in [-0.25, -0.2) is 0 Å². The van der Waals surface area contributed by atoms with Crippen molar-refractivity contribution in [3.05, 3.63) is 58.5 Å². The monoisotopic (exact) mass is 423 g/mol. The minimum atomic E-state index is -4.50. The van der Waals surface area contributed by atoms with Crippen LogP contribution in [0.2, 0.25) is 0 Å². The van der Waals surface area contributed by atoms with Crippen molar-refractivity contribution in [2.45, 2.75) is 6.18 Å². The highest BCUT2D eigenvalue weighted by Gasteiger charge is 2.36. The van der Waals surface area contributed by atoms with E-state index in [9.17, 15) is 18.0 Å². The molecule has 0 atom stereocenters. The van der Waals surface area contributed by atoms with Gasteiger partial charge < -0.3 is 9.47 Å². The molecule has 0 N–H and O–H groups in total. The highest BCUT2D eigenvalue weighted by atomic mass is 32.2. The van der Waals surface area contributed by atoms with Crippen LogP contribution in [0.1, 0.15) is 11.1 Å². The van der Waals surface area contributed by atoms with Gasteiger partial charge >= 0.3 is 6.18 Å². The van der Waals surface area contributed by atoms with Crippen LogP contribution in [0.5, 0.6) is 11.5 Å². The summed E-state index contributed by atoms with van der Waals surface area (Å²) in [6.45, 7) is 0.913. The van der Waals surface area contributed by atoms with Crippen LogP contribution in [0.3, 0.4) is 0 Å². The lowest BCUT2D eigenvalue weighted by Crippen LogP contribution is -2.27. The predicted octanol–water partition coefficient (Wildman–Crippen LogP) is 4.88. The van der Waals surface area contributed by atoms with Crippen LogP contribution < -0.4 is 14.4 Å². The molecule has 28 heavy (non-hydrogen) atoms. The van der Waals surface area contributed by atoms with Gasteiger partial charge in [0.05, 0.1) is 16.2 Å². The lowest BCUT2D eigenvalue weighted by molar-refractivity contribution is -0.137. The van der Waals surface area contributed by atoms with Crippen LogP contribution >= 0.6 is 24.0 Å². The molecule has 2 aromatic carbocycles. The van der Waals surface area contributed by atoms with Crippen LogP contribution in [-0.4, -0.2) is 23.4 Å². The quantitative estimate of drug-likeness (QED) is 0.508. The molecule has 0 unspecified atom stereocenters. The van der Waals surface area contributed by atoms with Gasteiger partial charge in [0.2, 0.25) is 0 Å². The molecule has 0 aliphatic carbocycles. The van der Waals surface area contributed by atoms with E-state index in [-0.39, 0.29) is 10.0 Å². The minimum absolute atomic E-state index is 0.0860. The fourth-order valence-electron chi connectivity index (χ4n) is 2.81.